The summed E-state index contributed by atoms with van der Waals surface area (Å²) in [7, 11) is 0. The Morgan fingerprint density at radius 2 is 2.12 bits per heavy atom. The Balaban J connectivity index is 2.26. The third-order valence-electron chi connectivity index (χ3n) is 2.29. The van der Waals surface area contributed by atoms with Gasteiger partial charge in [0.1, 0.15) is 0 Å². The number of aromatic nitrogens is 2. The summed E-state index contributed by atoms with van der Waals surface area (Å²) in [5, 5.41) is 0. The highest BCUT2D eigenvalue weighted by Crippen LogP contribution is 2.00. The zero-order chi connectivity index (χ0) is 12.0. The Morgan fingerprint density at radius 1 is 1.38 bits per heavy atom. The van der Waals surface area contributed by atoms with Crippen molar-refractivity contribution in [2.24, 2.45) is 11.5 Å². The summed E-state index contributed by atoms with van der Waals surface area (Å²) in [6, 6.07) is -0.601. The van der Waals surface area contributed by atoms with Gasteiger partial charge in [0, 0.05) is 31.8 Å². The molecule has 0 aliphatic heterocycles. The van der Waals surface area contributed by atoms with Gasteiger partial charge < -0.3 is 16.0 Å². The number of amides is 1. The molecular formula is C10H16N4O2. The molecule has 6 heteroatoms. The van der Waals surface area contributed by atoms with Gasteiger partial charge >= 0.3 is 0 Å². The van der Waals surface area contributed by atoms with E-state index in [1.807, 2.05) is 0 Å². The lowest BCUT2D eigenvalue weighted by Crippen LogP contribution is -2.32. The van der Waals surface area contributed by atoms with Crippen molar-refractivity contribution in [1.82, 2.24) is 9.55 Å². The molecule has 0 saturated carbocycles. The second-order valence-electron chi connectivity index (χ2n) is 3.63. The number of imidazole rings is 1. The zero-order valence-corrected chi connectivity index (χ0v) is 9.00. The minimum absolute atomic E-state index is 0.0602. The molecule has 16 heavy (non-hydrogen) atoms. The number of hydrogen-bond donors (Lipinski definition) is 2. The van der Waals surface area contributed by atoms with Gasteiger partial charge in [0.25, 0.3) is 0 Å². The molecule has 1 atom stereocenters. The summed E-state index contributed by atoms with van der Waals surface area (Å²) in [6.45, 7) is 0.559. The van der Waals surface area contributed by atoms with Gasteiger partial charge in [-0.1, -0.05) is 0 Å². The number of rotatable bonds is 7. The number of hydrogen-bond acceptors (Lipinski definition) is 4. The molecule has 6 nitrogen and oxygen atoms in total. The second-order valence-corrected chi connectivity index (χ2v) is 3.63. The molecule has 0 unspecified atom stereocenters. The fraction of sp³-hybridized carbons (Fsp3) is 0.500. The van der Waals surface area contributed by atoms with E-state index in [0.29, 0.717) is 19.4 Å². The molecule has 0 aliphatic carbocycles. The number of nitrogens with zero attached hydrogens (tertiary/aromatic N) is 2. The Hall–Kier alpha value is -1.69. The molecule has 88 valence electrons. The predicted octanol–water partition coefficient (Wildman–Crippen LogP) is -0.565. The fourth-order valence-corrected chi connectivity index (χ4v) is 1.30. The van der Waals surface area contributed by atoms with E-state index in [1.165, 1.54) is 0 Å². The van der Waals surface area contributed by atoms with E-state index in [0.717, 1.165) is 0 Å². The number of carbonyl (C=O) groups excluding carboxylic acids is 2. The molecule has 0 radical (unpaired) electrons. The maximum Gasteiger partial charge on any atom is 0.217 e. The highest BCUT2D eigenvalue weighted by molar-refractivity contribution is 5.84. The first kappa shape index (κ1) is 12.4. The van der Waals surface area contributed by atoms with E-state index >= 15 is 0 Å². The van der Waals surface area contributed by atoms with Gasteiger partial charge in [-0.25, -0.2) is 4.98 Å². The topological polar surface area (TPSA) is 104 Å². The lowest BCUT2D eigenvalue weighted by Gasteiger charge is -2.09. The van der Waals surface area contributed by atoms with Crippen LogP contribution in [0.3, 0.4) is 0 Å². The molecule has 0 saturated heterocycles. The van der Waals surface area contributed by atoms with E-state index in [-0.39, 0.29) is 12.2 Å². The first-order valence-corrected chi connectivity index (χ1v) is 5.12. The van der Waals surface area contributed by atoms with Crippen molar-refractivity contribution in [1.29, 1.82) is 0 Å². The number of ketones is 1. The average molecular weight is 224 g/mol. The van der Waals surface area contributed by atoms with Crippen molar-refractivity contribution in [2.45, 2.75) is 31.8 Å². The SMILES string of the molecule is NC(=O)CC[C@H](N)C(=O)CCn1ccnc1. The Labute approximate surface area is 93.6 Å². The van der Waals surface area contributed by atoms with Gasteiger partial charge in [-0.15, -0.1) is 0 Å². The lowest BCUT2D eigenvalue weighted by molar-refractivity contribution is -0.121. The molecule has 0 fully saturated rings. The minimum Gasteiger partial charge on any atom is -0.370 e. The van der Waals surface area contributed by atoms with Gasteiger partial charge in [0.2, 0.25) is 5.91 Å². The van der Waals surface area contributed by atoms with Crippen molar-refractivity contribution < 1.29 is 9.59 Å². The van der Waals surface area contributed by atoms with Crippen molar-refractivity contribution in [3.05, 3.63) is 18.7 Å². The second kappa shape index (κ2) is 6.02. The van der Waals surface area contributed by atoms with Gasteiger partial charge in [-0.2, -0.15) is 0 Å². The van der Waals surface area contributed by atoms with Crippen LogP contribution >= 0.6 is 0 Å². The summed E-state index contributed by atoms with van der Waals surface area (Å²) in [6.07, 6.45) is 5.88. The van der Waals surface area contributed by atoms with E-state index in [4.69, 9.17) is 11.5 Å². The Bertz CT molecular complexity index is 348. The predicted molar refractivity (Wildman–Crippen MR) is 58.3 cm³/mol. The van der Waals surface area contributed by atoms with Crippen LogP contribution in [-0.4, -0.2) is 27.3 Å². The van der Waals surface area contributed by atoms with E-state index < -0.39 is 11.9 Å². The van der Waals surface area contributed by atoms with Crippen LogP contribution < -0.4 is 11.5 Å². The molecule has 0 bridgehead atoms. The molecule has 0 aromatic carbocycles. The smallest absolute Gasteiger partial charge is 0.217 e. The van der Waals surface area contributed by atoms with Crippen LogP contribution in [0.1, 0.15) is 19.3 Å². The Morgan fingerprint density at radius 3 is 2.69 bits per heavy atom. The van der Waals surface area contributed by atoms with Crippen molar-refractivity contribution in [2.75, 3.05) is 0 Å². The Kier molecular flexibility index (Phi) is 4.65. The fourth-order valence-electron chi connectivity index (χ4n) is 1.30. The monoisotopic (exact) mass is 224 g/mol. The van der Waals surface area contributed by atoms with Gasteiger partial charge in [0.05, 0.1) is 12.4 Å². The van der Waals surface area contributed by atoms with Crippen LogP contribution in [0.15, 0.2) is 18.7 Å². The normalized spacial score (nSPS) is 12.3. The quantitative estimate of drug-likeness (QED) is 0.647. The third-order valence-corrected chi connectivity index (χ3v) is 2.29. The largest absolute Gasteiger partial charge is 0.370 e. The van der Waals surface area contributed by atoms with Crippen molar-refractivity contribution in [3.8, 4) is 0 Å². The number of primary amides is 1. The highest BCUT2D eigenvalue weighted by Gasteiger charge is 2.13. The van der Waals surface area contributed by atoms with E-state index in [9.17, 15) is 9.59 Å². The molecular weight excluding hydrogens is 208 g/mol. The van der Waals surface area contributed by atoms with Crippen molar-refractivity contribution in [3.63, 3.8) is 0 Å². The van der Waals surface area contributed by atoms with Crippen LogP contribution in [0, 0.1) is 0 Å². The lowest BCUT2D eigenvalue weighted by atomic mass is 10.1. The number of nitrogens with two attached hydrogens (primary N) is 2. The van der Waals surface area contributed by atoms with Gasteiger partial charge in [-0.05, 0) is 6.42 Å². The van der Waals surface area contributed by atoms with Crippen LogP contribution in [0.2, 0.25) is 0 Å². The summed E-state index contributed by atoms with van der Waals surface area (Å²) in [4.78, 5) is 25.9. The molecule has 1 amide bonds. The summed E-state index contributed by atoms with van der Waals surface area (Å²) < 4.78 is 1.80. The van der Waals surface area contributed by atoms with Gasteiger partial charge in [-0.3, -0.25) is 9.59 Å². The van der Waals surface area contributed by atoms with Crippen LogP contribution in [-0.2, 0) is 16.1 Å². The molecule has 1 heterocycles. The highest BCUT2D eigenvalue weighted by atomic mass is 16.1. The first-order valence-electron chi connectivity index (χ1n) is 5.12. The standard InChI is InChI=1S/C10H16N4O2/c11-8(1-2-10(12)16)9(15)3-5-14-6-4-13-7-14/h4,6-8H,1-3,5,11H2,(H2,12,16)/t8-/m0/s1. The summed E-state index contributed by atoms with van der Waals surface area (Å²) in [5.74, 6) is -0.493. The van der Waals surface area contributed by atoms with E-state index in [1.54, 1.807) is 23.3 Å². The molecule has 1 rings (SSSR count). The number of aryl methyl sites for hydroxylation is 1. The third kappa shape index (κ3) is 4.22. The summed E-state index contributed by atoms with van der Waals surface area (Å²) in [5.41, 5.74) is 10.6. The van der Waals surface area contributed by atoms with Gasteiger partial charge in [0.15, 0.2) is 5.78 Å². The van der Waals surface area contributed by atoms with Crippen LogP contribution in [0.25, 0.3) is 0 Å². The maximum absolute atomic E-state index is 11.5. The average Bonchev–Trinajstić information content (AvgIpc) is 2.75. The molecule has 1 aromatic heterocycles. The maximum atomic E-state index is 11.5. The molecule has 1 aromatic rings. The molecule has 0 aliphatic rings. The van der Waals surface area contributed by atoms with Crippen molar-refractivity contribution >= 4 is 11.7 Å². The summed E-state index contributed by atoms with van der Waals surface area (Å²) >= 11 is 0. The first-order chi connectivity index (χ1) is 7.59. The van der Waals surface area contributed by atoms with E-state index in [2.05, 4.69) is 4.98 Å². The van der Waals surface area contributed by atoms with Crippen LogP contribution in [0.4, 0.5) is 0 Å². The number of carbonyl (C=O) groups is 2. The zero-order valence-electron chi connectivity index (χ0n) is 9.00. The number of Topliss-reactive ketones (excluding diaryl/α,β-unsaturated/α-hetero) is 1. The molecule has 4 N–H and O–H groups in total. The van der Waals surface area contributed by atoms with Crippen LogP contribution in [0.5, 0.6) is 0 Å². The molecule has 0 spiro atoms. The minimum atomic E-state index is -0.601.